The summed E-state index contributed by atoms with van der Waals surface area (Å²) in [6.07, 6.45) is 0. The molecule has 0 radical (unpaired) electrons. The maximum absolute atomic E-state index is 10.6. The number of nitrogens with two attached hydrogens (primary N) is 2. The first kappa shape index (κ1) is 13.4. The Hall–Kier alpha value is -1.60. The number of nitrogens with one attached hydrogen (secondary N) is 1. The van der Waals surface area contributed by atoms with E-state index in [0.717, 1.165) is 0 Å². The first-order valence-electron chi connectivity index (χ1n) is 3.93. The molecule has 0 aliphatic heterocycles. The Morgan fingerprint density at radius 2 is 1.67 bits per heavy atom. The van der Waals surface area contributed by atoms with Crippen LogP contribution in [-0.2, 0) is 10.0 Å². The van der Waals surface area contributed by atoms with Crippen LogP contribution < -0.4 is 16.2 Å². The highest BCUT2D eigenvalue weighted by molar-refractivity contribution is 7.89. The molecule has 0 atom stereocenters. The molecular weight excluding hydrogens is 218 g/mol. The summed E-state index contributed by atoms with van der Waals surface area (Å²) in [5.74, 6) is 0. The zero-order valence-corrected chi connectivity index (χ0v) is 8.99. The number of benzene rings is 1. The molecule has 0 aliphatic carbocycles. The minimum absolute atomic E-state index is 0.148. The number of urea groups is 1. The summed E-state index contributed by atoms with van der Waals surface area (Å²) in [6.45, 7) is 0. The summed E-state index contributed by atoms with van der Waals surface area (Å²) in [5, 5.41) is 7.00. The average Bonchev–Trinajstić information content (AvgIpc) is 2.19. The van der Waals surface area contributed by atoms with Gasteiger partial charge in [-0.1, -0.05) is 18.2 Å². The number of hydrogen-bond donors (Lipinski definition) is 3. The van der Waals surface area contributed by atoms with Crippen LogP contribution in [0.25, 0.3) is 0 Å². The van der Waals surface area contributed by atoms with Gasteiger partial charge in [0.25, 0.3) is 0 Å². The highest BCUT2D eigenvalue weighted by atomic mass is 32.2. The van der Waals surface area contributed by atoms with E-state index in [1.807, 2.05) is 0 Å². The third-order valence-electron chi connectivity index (χ3n) is 1.32. The molecule has 0 aromatic heterocycles. The van der Waals surface area contributed by atoms with Gasteiger partial charge in [0.2, 0.25) is 10.0 Å². The highest BCUT2D eigenvalue weighted by Crippen LogP contribution is 2.02. The van der Waals surface area contributed by atoms with Gasteiger partial charge < -0.3 is 11.1 Å². The van der Waals surface area contributed by atoms with Crippen molar-refractivity contribution in [2.24, 2.45) is 10.9 Å². The molecule has 0 heterocycles. The number of carbonyl (C=O) groups excluding carboxylic acids is 1. The Balaban J connectivity index is 0.000000336. The van der Waals surface area contributed by atoms with Crippen LogP contribution in [0.15, 0.2) is 35.2 Å². The zero-order valence-electron chi connectivity index (χ0n) is 8.17. The van der Waals surface area contributed by atoms with Crippen LogP contribution in [0.2, 0.25) is 0 Å². The summed E-state index contributed by atoms with van der Waals surface area (Å²) in [6, 6.07) is 7.39. The quantitative estimate of drug-likeness (QED) is 0.611. The SMILES string of the molecule is CNC(N)=O.NS(=O)(=O)c1ccccc1. The number of amides is 2. The molecule has 15 heavy (non-hydrogen) atoms. The minimum atomic E-state index is -3.50. The van der Waals surface area contributed by atoms with Crippen LogP contribution in [0.5, 0.6) is 0 Å². The van der Waals surface area contributed by atoms with Gasteiger partial charge in [0.05, 0.1) is 4.90 Å². The van der Waals surface area contributed by atoms with Crippen molar-refractivity contribution in [1.29, 1.82) is 0 Å². The second kappa shape index (κ2) is 5.99. The molecule has 0 fully saturated rings. The molecule has 0 saturated carbocycles. The van der Waals surface area contributed by atoms with E-state index < -0.39 is 16.1 Å². The molecule has 0 spiro atoms. The fourth-order valence-corrected chi connectivity index (χ4v) is 1.15. The normalized spacial score (nSPS) is 9.73. The number of sulfonamides is 1. The van der Waals surface area contributed by atoms with E-state index in [-0.39, 0.29) is 4.90 Å². The molecule has 1 rings (SSSR count). The second-order valence-corrected chi connectivity index (χ2v) is 4.03. The highest BCUT2D eigenvalue weighted by Gasteiger charge is 2.03. The second-order valence-electron chi connectivity index (χ2n) is 2.47. The van der Waals surface area contributed by atoms with Crippen molar-refractivity contribution in [3.8, 4) is 0 Å². The first-order valence-corrected chi connectivity index (χ1v) is 5.47. The van der Waals surface area contributed by atoms with Crippen molar-refractivity contribution in [2.45, 2.75) is 4.90 Å². The number of rotatable bonds is 1. The smallest absolute Gasteiger partial charge is 0.311 e. The van der Waals surface area contributed by atoms with Gasteiger partial charge in [-0.15, -0.1) is 0 Å². The van der Waals surface area contributed by atoms with Crippen LogP contribution >= 0.6 is 0 Å². The van der Waals surface area contributed by atoms with Gasteiger partial charge in [-0.05, 0) is 12.1 Å². The summed E-state index contributed by atoms with van der Waals surface area (Å²) in [4.78, 5) is 9.63. The van der Waals surface area contributed by atoms with E-state index in [9.17, 15) is 13.2 Å². The van der Waals surface area contributed by atoms with E-state index in [0.29, 0.717) is 0 Å². The summed E-state index contributed by atoms with van der Waals surface area (Å²) >= 11 is 0. The minimum Gasteiger partial charge on any atom is -0.352 e. The lowest BCUT2D eigenvalue weighted by Crippen LogP contribution is -2.24. The Bertz CT molecular complexity index is 402. The first-order chi connectivity index (χ1) is 6.88. The van der Waals surface area contributed by atoms with E-state index in [1.54, 1.807) is 18.2 Å². The maximum Gasteiger partial charge on any atom is 0.311 e. The van der Waals surface area contributed by atoms with Gasteiger partial charge in [-0.25, -0.2) is 18.4 Å². The van der Waals surface area contributed by atoms with Crippen LogP contribution in [0.3, 0.4) is 0 Å². The van der Waals surface area contributed by atoms with Crippen molar-refractivity contribution in [2.75, 3.05) is 7.05 Å². The molecule has 0 saturated heterocycles. The standard InChI is InChI=1S/C6H7NO2S.C2H6N2O/c7-10(8,9)6-4-2-1-3-5-6;1-4-2(3)5/h1-5H,(H2,7,8,9);1H3,(H3,3,4,5). The van der Waals surface area contributed by atoms with Gasteiger partial charge in [-0.2, -0.15) is 0 Å². The van der Waals surface area contributed by atoms with E-state index in [1.165, 1.54) is 19.2 Å². The van der Waals surface area contributed by atoms with Crippen molar-refractivity contribution < 1.29 is 13.2 Å². The molecule has 2 amide bonds. The van der Waals surface area contributed by atoms with E-state index >= 15 is 0 Å². The number of hydrogen-bond acceptors (Lipinski definition) is 3. The third-order valence-corrected chi connectivity index (χ3v) is 2.25. The largest absolute Gasteiger partial charge is 0.352 e. The molecule has 6 nitrogen and oxygen atoms in total. The summed E-state index contributed by atoms with van der Waals surface area (Å²) < 4.78 is 21.2. The van der Waals surface area contributed by atoms with Gasteiger partial charge in [-0.3, -0.25) is 0 Å². The van der Waals surface area contributed by atoms with E-state index in [4.69, 9.17) is 5.14 Å². The third kappa shape index (κ3) is 6.47. The molecule has 5 N–H and O–H groups in total. The molecule has 0 bridgehead atoms. The van der Waals surface area contributed by atoms with Crippen LogP contribution in [0.1, 0.15) is 0 Å². The molecule has 0 unspecified atom stereocenters. The van der Waals surface area contributed by atoms with Crippen molar-refractivity contribution in [1.82, 2.24) is 5.32 Å². The van der Waals surface area contributed by atoms with Crippen molar-refractivity contribution >= 4 is 16.1 Å². The topological polar surface area (TPSA) is 115 Å². The predicted molar refractivity (Wildman–Crippen MR) is 56.5 cm³/mol. The molecule has 7 heteroatoms. The monoisotopic (exact) mass is 231 g/mol. The molecule has 0 aliphatic rings. The van der Waals surface area contributed by atoms with Gasteiger partial charge in [0.1, 0.15) is 0 Å². The maximum atomic E-state index is 10.6. The number of primary sulfonamides is 1. The molecule has 84 valence electrons. The Kier molecular flexibility index (Phi) is 5.35. The van der Waals surface area contributed by atoms with Gasteiger partial charge in [0, 0.05) is 7.05 Å². The fourth-order valence-electron chi connectivity index (χ4n) is 0.610. The number of primary amides is 1. The molecule has 1 aromatic carbocycles. The Morgan fingerprint density at radius 1 is 1.27 bits per heavy atom. The van der Waals surface area contributed by atoms with Crippen LogP contribution in [-0.4, -0.2) is 21.5 Å². The zero-order chi connectivity index (χ0) is 11.9. The Morgan fingerprint density at radius 3 is 1.87 bits per heavy atom. The molecular formula is C8H13N3O3S. The Labute approximate surface area is 88.3 Å². The van der Waals surface area contributed by atoms with Crippen molar-refractivity contribution in [3.63, 3.8) is 0 Å². The lowest BCUT2D eigenvalue weighted by atomic mass is 10.4. The lowest BCUT2D eigenvalue weighted by molar-refractivity contribution is 0.251. The van der Waals surface area contributed by atoms with Gasteiger partial charge in [0.15, 0.2) is 0 Å². The van der Waals surface area contributed by atoms with Crippen LogP contribution in [0.4, 0.5) is 4.79 Å². The average molecular weight is 231 g/mol. The predicted octanol–water partition coefficient (Wildman–Crippen LogP) is -0.381. The lowest BCUT2D eigenvalue weighted by Gasteiger charge is -1.93. The number of carbonyl (C=O) groups is 1. The van der Waals surface area contributed by atoms with Crippen LogP contribution in [0, 0.1) is 0 Å². The van der Waals surface area contributed by atoms with E-state index in [2.05, 4.69) is 11.1 Å². The summed E-state index contributed by atoms with van der Waals surface area (Å²) in [5.41, 5.74) is 4.54. The molecule has 1 aromatic rings. The summed E-state index contributed by atoms with van der Waals surface area (Å²) in [7, 11) is -2.03. The van der Waals surface area contributed by atoms with Gasteiger partial charge >= 0.3 is 6.03 Å². The van der Waals surface area contributed by atoms with Crippen molar-refractivity contribution in [3.05, 3.63) is 30.3 Å². The fraction of sp³-hybridized carbons (Fsp3) is 0.125.